The monoisotopic (exact) mass is 255 g/mol. The molecule has 0 unspecified atom stereocenters. The third-order valence-corrected chi connectivity index (χ3v) is 3.18. The lowest BCUT2D eigenvalue weighted by molar-refractivity contribution is -0.137. The van der Waals surface area contributed by atoms with Crippen LogP contribution in [0.4, 0.5) is 13.2 Å². The molecular formula is C14H16F3N. The van der Waals surface area contributed by atoms with Crippen LogP contribution in [0.15, 0.2) is 30.3 Å². The van der Waals surface area contributed by atoms with E-state index < -0.39 is 11.7 Å². The Hall–Kier alpha value is -1.29. The molecule has 0 bridgehead atoms. The van der Waals surface area contributed by atoms with Gasteiger partial charge in [0.25, 0.3) is 0 Å². The van der Waals surface area contributed by atoms with E-state index in [4.69, 9.17) is 0 Å². The van der Waals surface area contributed by atoms with Gasteiger partial charge in [-0.3, -0.25) is 0 Å². The summed E-state index contributed by atoms with van der Waals surface area (Å²) in [4.78, 5) is 0. The second-order valence-electron chi connectivity index (χ2n) is 4.57. The summed E-state index contributed by atoms with van der Waals surface area (Å²) in [6.07, 6.45) is 1.95. The molecule has 0 aromatic heterocycles. The molecule has 0 amide bonds. The van der Waals surface area contributed by atoms with E-state index >= 15 is 0 Å². The van der Waals surface area contributed by atoms with E-state index in [2.05, 4.69) is 11.4 Å². The van der Waals surface area contributed by atoms with Crippen LogP contribution in [0.5, 0.6) is 0 Å². The summed E-state index contributed by atoms with van der Waals surface area (Å²) in [6, 6.07) is 5.28. The molecule has 2 rings (SSSR count). The minimum atomic E-state index is -4.25. The highest BCUT2D eigenvalue weighted by Crippen LogP contribution is 2.29. The number of halogens is 3. The molecule has 0 saturated carbocycles. The fourth-order valence-electron chi connectivity index (χ4n) is 2.07. The van der Waals surface area contributed by atoms with E-state index in [1.165, 1.54) is 12.1 Å². The Morgan fingerprint density at radius 1 is 1.06 bits per heavy atom. The number of benzene rings is 1. The second kappa shape index (κ2) is 5.57. The van der Waals surface area contributed by atoms with Crippen molar-refractivity contribution in [2.45, 2.75) is 19.0 Å². The predicted molar refractivity (Wildman–Crippen MR) is 66.1 cm³/mol. The third kappa shape index (κ3) is 3.60. The van der Waals surface area contributed by atoms with Gasteiger partial charge in [0.15, 0.2) is 0 Å². The van der Waals surface area contributed by atoms with Crippen LogP contribution in [0.1, 0.15) is 24.0 Å². The Balaban J connectivity index is 1.99. The summed E-state index contributed by atoms with van der Waals surface area (Å²) in [5.41, 5.74) is 0.225. The summed E-state index contributed by atoms with van der Waals surface area (Å²) in [5, 5.41) is 3.28. The molecule has 0 spiro atoms. The molecule has 1 aliphatic rings. The summed E-state index contributed by atoms with van der Waals surface area (Å²) in [7, 11) is 0. The topological polar surface area (TPSA) is 12.0 Å². The average molecular weight is 255 g/mol. The van der Waals surface area contributed by atoms with Gasteiger partial charge in [-0.15, -0.1) is 0 Å². The largest absolute Gasteiger partial charge is 0.416 e. The number of piperidine rings is 1. The summed E-state index contributed by atoms with van der Waals surface area (Å²) >= 11 is 0. The van der Waals surface area contributed by atoms with Gasteiger partial charge in [-0.1, -0.05) is 24.3 Å². The Bertz CT molecular complexity index is 400. The average Bonchev–Trinajstić information content (AvgIpc) is 2.37. The van der Waals surface area contributed by atoms with E-state index in [-0.39, 0.29) is 0 Å². The van der Waals surface area contributed by atoms with Crippen LogP contribution in [0, 0.1) is 5.92 Å². The quantitative estimate of drug-likeness (QED) is 0.849. The third-order valence-electron chi connectivity index (χ3n) is 3.18. The van der Waals surface area contributed by atoms with Crippen molar-refractivity contribution < 1.29 is 13.2 Å². The zero-order chi connectivity index (χ0) is 13.0. The van der Waals surface area contributed by atoms with Gasteiger partial charge in [0, 0.05) is 0 Å². The molecule has 1 nitrogen and oxygen atoms in total. The summed E-state index contributed by atoms with van der Waals surface area (Å²) in [6.45, 7) is 2.03. The van der Waals surface area contributed by atoms with Crippen LogP contribution in [0.2, 0.25) is 0 Å². The van der Waals surface area contributed by atoms with Crippen molar-refractivity contribution in [3.8, 4) is 0 Å². The molecule has 1 aromatic carbocycles. The minimum absolute atomic E-state index is 0.536. The summed E-state index contributed by atoms with van der Waals surface area (Å²) in [5.74, 6) is 0.536. The first-order valence-electron chi connectivity index (χ1n) is 6.12. The highest BCUT2D eigenvalue weighted by molar-refractivity contribution is 5.50. The Morgan fingerprint density at radius 2 is 1.67 bits per heavy atom. The second-order valence-corrected chi connectivity index (χ2v) is 4.57. The predicted octanol–water partition coefficient (Wildman–Crippen LogP) is 3.72. The molecule has 1 aromatic rings. The van der Waals surface area contributed by atoms with E-state index in [0.29, 0.717) is 5.92 Å². The van der Waals surface area contributed by atoms with E-state index in [1.807, 2.05) is 6.08 Å². The van der Waals surface area contributed by atoms with Crippen molar-refractivity contribution in [3.63, 3.8) is 0 Å². The highest BCUT2D eigenvalue weighted by atomic mass is 19.4. The lowest BCUT2D eigenvalue weighted by atomic mass is 9.97. The van der Waals surface area contributed by atoms with Crippen LogP contribution in [-0.4, -0.2) is 13.1 Å². The molecule has 1 fully saturated rings. The fourth-order valence-corrected chi connectivity index (χ4v) is 2.07. The Labute approximate surface area is 105 Å². The van der Waals surface area contributed by atoms with Crippen LogP contribution < -0.4 is 5.32 Å². The summed E-state index contributed by atoms with van der Waals surface area (Å²) < 4.78 is 37.1. The minimum Gasteiger partial charge on any atom is -0.317 e. The smallest absolute Gasteiger partial charge is 0.317 e. The van der Waals surface area contributed by atoms with Crippen molar-refractivity contribution in [2.24, 2.45) is 5.92 Å². The van der Waals surface area contributed by atoms with Crippen molar-refractivity contribution in [3.05, 3.63) is 41.5 Å². The Kier molecular flexibility index (Phi) is 4.07. The highest BCUT2D eigenvalue weighted by Gasteiger charge is 2.29. The molecule has 4 heteroatoms. The number of hydrogen-bond acceptors (Lipinski definition) is 1. The van der Waals surface area contributed by atoms with Crippen molar-refractivity contribution in [1.29, 1.82) is 0 Å². The van der Waals surface area contributed by atoms with Crippen LogP contribution in [-0.2, 0) is 6.18 Å². The molecule has 1 saturated heterocycles. The van der Waals surface area contributed by atoms with Gasteiger partial charge in [0.05, 0.1) is 5.56 Å². The fraction of sp³-hybridized carbons (Fsp3) is 0.429. The molecule has 0 atom stereocenters. The number of rotatable bonds is 2. The normalized spacial score (nSPS) is 18.4. The number of allylic oxidation sites excluding steroid dienone is 1. The number of hydrogen-bond donors (Lipinski definition) is 1. The molecule has 0 radical (unpaired) electrons. The first kappa shape index (κ1) is 13.1. The maximum absolute atomic E-state index is 12.4. The molecular weight excluding hydrogens is 239 g/mol. The number of alkyl halides is 3. The van der Waals surface area contributed by atoms with Crippen LogP contribution in [0.25, 0.3) is 6.08 Å². The van der Waals surface area contributed by atoms with E-state index in [0.717, 1.165) is 43.6 Å². The Morgan fingerprint density at radius 3 is 2.22 bits per heavy atom. The van der Waals surface area contributed by atoms with Gasteiger partial charge >= 0.3 is 6.18 Å². The van der Waals surface area contributed by atoms with Crippen molar-refractivity contribution >= 4 is 6.08 Å². The molecule has 0 aliphatic carbocycles. The lowest BCUT2D eigenvalue weighted by Gasteiger charge is -2.19. The van der Waals surface area contributed by atoms with E-state index in [1.54, 1.807) is 0 Å². The van der Waals surface area contributed by atoms with Gasteiger partial charge in [0.2, 0.25) is 0 Å². The zero-order valence-electron chi connectivity index (χ0n) is 10.0. The van der Waals surface area contributed by atoms with Crippen LogP contribution in [0.3, 0.4) is 0 Å². The first-order chi connectivity index (χ1) is 8.55. The SMILES string of the molecule is FC(F)(F)c1ccc(C=CC2CCNCC2)cc1. The standard InChI is InChI=1S/C14H16F3N/c15-14(16,17)13-5-3-11(4-6-13)1-2-12-7-9-18-10-8-12/h1-6,12,18H,7-10H2. The van der Waals surface area contributed by atoms with Crippen molar-refractivity contribution in [2.75, 3.05) is 13.1 Å². The maximum atomic E-state index is 12.4. The molecule has 98 valence electrons. The molecule has 1 heterocycles. The molecule has 1 N–H and O–H groups in total. The van der Waals surface area contributed by atoms with Crippen LogP contribution >= 0.6 is 0 Å². The first-order valence-corrected chi connectivity index (χ1v) is 6.12. The van der Waals surface area contributed by atoms with Crippen molar-refractivity contribution in [1.82, 2.24) is 5.32 Å². The van der Waals surface area contributed by atoms with Gasteiger partial charge in [-0.25, -0.2) is 0 Å². The van der Waals surface area contributed by atoms with Gasteiger partial charge in [-0.05, 0) is 49.5 Å². The van der Waals surface area contributed by atoms with E-state index in [9.17, 15) is 13.2 Å². The lowest BCUT2D eigenvalue weighted by Crippen LogP contribution is -2.26. The molecule has 18 heavy (non-hydrogen) atoms. The maximum Gasteiger partial charge on any atom is 0.416 e. The van der Waals surface area contributed by atoms with Gasteiger partial charge in [-0.2, -0.15) is 13.2 Å². The zero-order valence-corrected chi connectivity index (χ0v) is 10.0. The number of nitrogens with one attached hydrogen (secondary N) is 1. The molecule has 1 aliphatic heterocycles. The van der Waals surface area contributed by atoms with Gasteiger partial charge in [0.1, 0.15) is 0 Å². The van der Waals surface area contributed by atoms with Gasteiger partial charge < -0.3 is 5.32 Å².